The van der Waals surface area contributed by atoms with Crippen LogP contribution in [-0.2, 0) is 4.79 Å². The lowest BCUT2D eigenvalue weighted by Crippen LogP contribution is -2.31. The van der Waals surface area contributed by atoms with E-state index in [-0.39, 0.29) is 29.4 Å². The molecule has 0 fully saturated rings. The van der Waals surface area contributed by atoms with Crippen LogP contribution in [0.25, 0.3) is 22.1 Å². The number of amides is 1. The quantitative estimate of drug-likeness (QED) is 0.175. The van der Waals surface area contributed by atoms with Crippen LogP contribution in [0.15, 0.2) is 86.5 Å². The van der Waals surface area contributed by atoms with Crippen LogP contribution in [0.4, 0.5) is 0 Å². The summed E-state index contributed by atoms with van der Waals surface area (Å²) < 4.78 is 16.9. The van der Waals surface area contributed by atoms with Gasteiger partial charge in [-0.2, -0.15) is 0 Å². The molecule has 0 aliphatic heterocycles. The number of fused-ring (bicyclic) bond motifs is 1. The van der Waals surface area contributed by atoms with Crippen LogP contribution in [0.5, 0.6) is 11.5 Å². The molecule has 0 unspecified atom stereocenters. The molecule has 0 atom stereocenters. The normalized spacial score (nSPS) is 10.9. The van der Waals surface area contributed by atoms with Crippen molar-refractivity contribution in [2.45, 2.75) is 13.8 Å². The van der Waals surface area contributed by atoms with E-state index in [4.69, 9.17) is 13.9 Å². The summed E-state index contributed by atoms with van der Waals surface area (Å²) >= 11 is 3.48. The molecule has 0 saturated carbocycles. The number of nitrogens with one attached hydrogen (secondary N) is 1. The van der Waals surface area contributed by atoms with Crippen LogP contribution in [-0.4, -0.2) is 25.0 Å². The van der Waals surface area contributed by atoms with E-state index < -0.39 is 17.5 Å². The highest BCUT2D eigenvalue weighted by Crippen LogP contribution is 2.31. The summed E-state index contributed by atoms with van der Waals surface area (Å²) in [6.07, 6.45) is 0. The van der Waals surface area contributed by atoms with Gasteiger partial charge in [0.05, 0.1) is 4.47 Å². The zero-order valence-corrected chi connectivity index (χ0v) is 21.3. The molecule has 0 aliphatic rings. The van der Waals surface area contributed by atoms with E-state index in [0.29, 0.717) is 22.2 Å². The summed E-state index contributed by atoms with van der Waals surface area (Å²) in [6.45, 7) is 4.04. The second-order valence-corrected chi connectivity index (χ2v) is 9.38. The third kappa shape index (κ3) is 6.20. The fourth-order valence-electron chi connectivity index (χ4n) is 3.43. The van der Waals surface area contributed by atoms with Crippen molar-refractivity contribution < 1.29 is 23.5 Å². The van der Waals surface area contributed by atoms with E-state index in [0.717, 1.165) is 11.1 Å². The maximum Gasteiger partial charge on any atom is 0.349 e. The molecule has 0 aliphatic carbocycles. The molecule has 4 rings (SSSR count). The number of carbonyl (C=O) groups excluding carboxylic acids is 2. The van der Waals surface area contributed by atoms with Crippen molar-refractivity contribution >= 4 is 38.8 Å². The number of carbonyl (C=O) groups is 2. The van der Waals surface area contributed by atoms with E-state index in [1.165, 1.54) is 12.1 Å². The first-order valence-corrected chi connectivity index (χ1v) is 12.1. The van der Waals surface area contributed by atoms with Gasteiger partial charge < -0.3 is 19.2 Å². The third-order valence-electron chi connectivity index (χ3n) is 5.24. The molecule has 8 heteroatoms. The minimum Gasteiger partial charge on any atom is -0.481 e. The van der Waals surface area contributed by atoms with Crippen molar-refractivity contribution in [1.82, 2.24) is 5.32 Å². The lowest BCUT2D eigenvalue weighted by atomic mass is 10.1. The topological polar surface area (TPSA) is 94.8 Å². The van der Waals surface area contributed by atoms with Crippen molar-refractivity contribution in [1.29, 1.82) is 0 Å². The summed E-state index contributed by atoms with van der Waals surface area (Å²) in [4.78, 5) is 36.9. The zero-order valence-electron chi connectivity index (χ0n) is 19.7. The fourth-order valence-corrected chi connectivity index (χ4v) is 3.92. The molecule has 36 heavy (non-hydrogen) atoms. The van der Waals surface area contributed by atoms with Crippen molar-refractivity contribution in [3.05, 3.63) is 93.3 Å². The predicted octanol–water partition coefficient (Wildman–Crippen LogP) is 5.59. The van der Waals surface area contributed by atoms with Gasteiger partial charge in [-0.25, -0.2) is 9.59 Å². The Hall–Kier alpha value is -3.91. The summed E-state index contributed by atoms with van der Waals surface area (Å²) in [6, 6.07) is 21.5. The lowest BCUT2D eigenvalue weighted by molar-refractivity contribution is -0.136. The second-order valence-electron chi connectivity index (χ2n) is 8.53. The first-order chi connectivity index (χ1) is 17.3. The minimum atomic E-state index is -0.764. The molecule has 0 spiro atoms. The van der Waals surface area contributed by atoms with Crippen LogP contribution >= 0.6 is 15.9 Å². The molecule has 1 N–H and O–H groups in total. The molecule has 0 bridgehead atoms. The van der Waals surface area contributed by atoms with Gasteiger partial charge in [-0.15, -0.1) is 0 Å². The Morgan fingerprint density at radius 2 is 1.75 bits per heavy atom. The highest BCUT2D eigenvalue weighted by atomic mass is 79.9. The summed E-state index contributed by atoms with van der Waals surface area (Å²) in [5.41, 5.74) is 1.43. The molecule has 3 aromatic carbocycles. The van der Waals surface area contributed by atoms with Crippen LogP contribution in [0.1, 0.15) is 24.2 Å². The number of hydrogen-bond acceptors (Lipinski definition) is 6. The van der Waals surface area contributed by atoms with Gasteiger partial charge in [-0.3, -0.25) is 4.79 Å². The Morgan fingerprint density at radius 3 is 2.47 bits per heavy atom. The van der Waals surface area contributed by atoms with Crippen molar-refractivity contribution in [3.63, 3.8) is 0 Å². The average Bonchev–Trinajstić information content (AvgIpc) is 2.86. The Labute approximate surface area is 216 Å². The van der Waals surface area contributed by atoms with Gasteiger partial charge in [-0.05, 0) is 63.3 Å². The lowest BCUT2D eigenvalue weighted by Gasteiger charge is -2.10. The third-order valence-corrected chi connectivity index (χ3v) is 5.86. The Morgan fingerprint density at radius 1 is 0.972 bits per heavy atom. The number of ether oxygens (including phenoxy) is 2. The fraction of sp³-hybridized carbons (Fsp3) is 0.179. The van der Waals surface area contributed by atoms with Gasteiger partial charge in [0, 0.05) is 18.0 Å². The Balaban J connectivity index is 1.40. The number of rotatable bonds is 8. The maximum absolute atomic E-state index is 12.4. The van der Waals surface area contributed by atoms with Crippen molar-refractivity contribution in [2.24, 2.45) is 5.92 Å². The Bertz CT molecular complexity index is 1460. The number of halogens is 1. The summed E-state index contributed by atoms with van der Waals surface area (Å²) in [7, 11) is 0. The van der Waals surface area contributed by atoms with Crippen LogP contribution in [0.3, 0.4) is 0 Å². The molecule has 0 saturated heterocycles. The average molecular weight is 550 g/mol. The molecule has 1 amide bonds. The minimum absolute atomic E-state index is 0.0786. The highest BCUT2D eigenvalue weighted by molar-refractivity contribution is 9.10. The largest absolute Gasteiger partial charge is 0.481 e. The summed E-state index contributed by atoms with van der Waals surface area (Å²) in [5, 5.41) is 3.23. The van der Waals surface area contributed by atoms with Gasteiger partial charge in [0.1, 0.15) is 22.6 Å². The van der Waals surface area contributed by atoms with Crippen molar-refractivity contribution in [3.8, 4) is 22.6 Å². The van der Waals surface area contributed by atoms with E-state index in [2.05, 4.69) is 21.2 Å². The smallest absolute Gasteiger partial charge is 0.349 e. The van der Waals surface area contributed by atoms with E-state index in [9.17, 15) is 14.4 Å². The van der Waals surface area contributed by atoms with Crippen molar-refractivity contribution in [2.75, 3.05) is 13.2 Å². The molecular weight excluding hydrogens is 526 g/mol. The molecule has 0 radical (unpaired) electrons. The molecular formula is C28H24BrNO6. The monoisotopic (exact) mass is 549 g/mol. The number of esters is 1. The molecule has 184 valence electrons. The first-order valence-electron chi connectivity index (χ1n) is 11.3. The van der Waals surface area contributed by atoms with Gasteiger partial charge in [0.2, 0.25) is 0 Å². The second kappa shape index (κ2) is 11.2. The summed E-state index contributed by atoms with van der Waals surface area (Å²) in [5.74, 6) is -0.179. The molecule has 1 aromatic heterocycles. The van der Waals surface area contributed by atoms with Gasteiger partial charge in [0.15, 0.2) is 6.61 Å². The van der Waals surface area contributed by atoms with E-state index in [1.807, 2.05) is 56.3 Å². The Kier molecular flexibility index (Phi) is 7.85. The van der Waals surface area contributed by atoms with Gasteiger partial charge in [-0.1, -0.05) is 50.2 Å². The zero-order chi connectivity index (χ0) is 25.7. The van der Waals surface area contributed by atoms with Crippen LogP contribution < -0.4 is 20.4 Å². The molecule has 4 aromatic rings. The molecule has 7 nitrogen and oxygen atoms in total. The van der Waals surface area contributed by atoms with Crippen LogP contribution in [0.2, 0.25) is 0 Å². The highest BCUT2D eigenvalue weighted by Gasteiger charge is 2.15. The predicted molar refractivity (Wildman–Crippen MR) is 140 cm³/mol. The standard InChI is InChI=1S/C28H24BrNO6/c1-17(2)15-30-27(32)22-12-20-8-10-21(14-25(20)36-28(22)33)35-26(31)16-34-24-11-9-19(13-23(24)29)18-6-4-3-5-7-18/h3-14,17H,15-16H2,1-2H3,(H,30,32). The van der Waals surface area contributed by atoms with Gasteiger partial charge in [0.25, 0.3) is 5.91 Å². The van der Waals surface area contributed by atoms with E-state index >= 15 is 0 Å². The molecule has 1 heterocycles. The number of benzene rings is 3. The van der Waals surface area contributed by atoms with Crippen LogP contribution in [0, 0.1) is 5.92 Å². The van der Waals surface area contributed by atoms with Gasteiger partial charge >= 0.3 is 11.6 Å². The van der Waals surface area contributed by atoms with E-state index in [1.54, 1.807) is 18.2 Å². The maximum atomic E-state index is 12.4. The SMILES string of the molecule is CC(C)CNC(=O)c1cc2ccc(OC(=O)COc3ccc(-c4ccccc4)cc3Br)cc2oc1=O. The number of hydrogen-bond donors (Lipinski definition) is 1. The first kappa shape index (κ1) is 25.2.